The highest BCUT2D eigenvalue weighted by atomic mass is 16.7. The minimum atomic E-state index is -0.824. The van der Waals surface area contributed by atoms with Crippen LogP contribution in [0.5, 0.6) is 11.5 Å². The first-order valence-electron chi connectivity index (χ1n) is 8.31. The first-order valence-corrected chi connectivity index (χ1v) is 8.31. The maximum Gasteiger partial charge on any atom is 0.319 e. The van der Waals surface area contributed by atoms with Gasteiger partial charge in [-0.1, -0.05) is 30.3 Å². The van der Waals surface area contributed by atoms with Crippen molar-refractivity contribution in [2.75, 3.05) is 18.7 Å². The van der Waals surface area contributed by atoms with E-state index in [2.05, 4.69) is 16.0 Å². The maximum atomic E-state index is 12.4. The Kier molecular flexibility index (Phi) is 5.74. The van der Waals surface area contributed by atoms with Crippen LogP contribution in [0, 0.1) is 11.3 Å². The van der Waals surface area contributed by atoms with Gasteiger partial charge in [0.1, 0.15) is 12.6 Å². The van der Waals surface area contributed by atoms with Crippen LogP contribution in [0.3, 0.4) is 0 Å². The van der Waals surface area contributed by atoms with Gasteiger partial charge in [-0.05, 0) is 17.7 Å². The number of urea groups is 1. The molecule has 0 aliphatic carbocycles. The van der Waals surface area contributed by atoms with Gasteiger partial charge in [0.15, 0.2) is 11.5 Å². The molecule has 3 rings (SSSR count). The van der Waals surface area contributed by atoms with Gasteiger partial charge in [-0.25, -0.2) is 4.79 Å². The van der Waals surface area contributed by atoms with Gasteiger partial charge in [0.25, 0.3) is 0 Å². The average Bonchev–Trinajstić information content (AvgIpc) is 3.14. The van der Waals surface area contributed by atoms with Crippen LogP contribution in [0.15, 0.2) is 48.5 Å². The lowest BCUT2D eigenvalue weighted by atomic mass is 10.1. The van der Waals surface area contributed by atoms with Crippen molar-refractivity contribution < 1.29 is 19.1 Å². The molecule has 0 saturated heterocycles. The van der Waals surface area contributed by atoms with E-state index in [0.717, 1.165) is 5.56 Å². The van der Waals surface area contributed by atoms with Crippen molar-refractivity contribution in [1.29, 1.82) is 5.26 Å². The molecule has 1 heterocycles. The first-order chi connectivity index (χ1) is 13.2. The number of fused-ring (bicyclic) bond motifs is 1. The van der Waals surface area contributed by atoms with Gasteiger partial charge in [-0.3, -0.25) is 4.79 Å². The van der Waals surface area contributed by atoms with E-state index in [1.807, 2.05) is 36.4 Å². The van der Waals surface area contributed by atoms with Crippen molar-refractivity contribution in [2.45, 2.75) is 12.5 Å². The molecule has 3 N–H and O–H groups in total. The van der Waals surface area contributed by atoms with Gasteiger partial charge in [0.2, 0.25) is 12.7 Å². The molecule has 2 aromatic rings. The Labute approximate surface area is 156 Å². The fraction of sp³-hybridized carbons (Fsp3) is 0.211. The molecule has 1 atom stereocenters. The lowest BCUT2D eigenvalue weighted by Crippen LogP contribution is -2.49. The predicted octanol–water partition coefficient (Wildman–Crippen LogP) is 1.79. The van der Waals surface area contributed by atoms with Crippen LogP contribution in [0.4, 0.5) is 10.5 Å². The molecule has 1 aliphatic rings. The molecule has 0 fully saturated rings. The molecule has 0 saturated carbocycles. The summed E-state index contributed by atoms with van der Waals surface area (Å²) in [5.41, 5.74) is 1.39. The predicted molar refractivity (Wildman–Crippen MR) is 97.3 cm³/mol. The third-order valence-electron chi connectivity index (χ3n) is 3.88. The van der Waals surface area contributed by atoms with Crippen LogP contribution in [-0.4, -0.2) is 31.3 Å². The van der Waals surface area contributed by atoms with Crippen molar-refractivity contribution in [3.8, 4) is 17.6 Å². The number of carbonyl (C=O) groups is 2. The maximum absolute atomic E-state index is 12.4. The second-order valence-electron chi connectivity index (χ2n) is 5.78. The molecule has 0 radical (unpaired) electrons. The largest absolute Gasteiger partial charge is 0.454 e. The van der Waals surface area contributed by atoms with Crippen molar-refractivity contribution in [2.24, 2.45) is 0 Å². The average molecular weight is 366 g/mol. The second kappa shape index (κ2) is 8.58. The van der Waals surface area contributed by atoms with Crippen molar-refractivity contribution in [3.05, 3.63) is 54.1 Å². The summed E-state index contributed by atoms with van der Waals surface area (Å²) >= 11 is 0. The van der Waals surface area contributed by atoms with E-state index in [9.17, 15) is 9.59 Å². The number of nitrogens with one attached hydrogen (secondary N) is 3. The number of rotatable bonds is 6. The highest BCUT2D eigenvalue weighted by Crippen LogP contribution is 2.34. The lowest BCUT2D eigenvalue weighted by molar-refractivity contribution is -0.122. The molecule has 0 aromatic heterocycles. The summed E-state index contributed by atoms with van der Waals surface area (Å²) in [7, 11) is 0. The van der Waals surface area contributed by atoms with Gasteiger partial charge in [-0.2, -0.15) is 5.26 Å². The molecule has 3 amide bonds. The summed E-state index contributed by atoms with van der Waals surface area (Å²) in [5, 5.41) is 16.4. The summed E-state index contributed by atoms with van der Waals surface area (Å²) in [6, 6.07) is 14.8. The summed E-state index contributed by atoms with van der Waals surface area (Å²) in [4.78, 5) is 24.7. The van der Waals surface area contributed by atoms with E-state index in [4.69, 9.17) is 14.7 Å². The molecule has 1 aliphatic heterocycles. The van der Waals surface area contributed by atoms with Crippen LogP contribution < -0.4 is 25.4 Å². The summed E-state index contributed by atoms with van der Waals surface area (Å²) in [5.74, 6) is 0.723. The summed E-state index contributed by atoms with van der Waals surface area (Å²) in [6.07, 6.45) is 0.298. The molecular weight excluding hydrogens is 348 g/mol. The fourth-order valence-corrected chi connectivity index (χ4v) is 2.61. The van der Waals surface area contributed by atoms with Gasteiger partial charge in [0.05, 0.1) is 6.07 Å². The number of carbonyl (C=O) groups excluding carboxylic acids is 2. The van der Waals surface area contributed by atoms with Crippen molar-refractivity contribution in [1.82, 2.24) is 10.6 Å². The molecule has 1 unspecified atom stereocenters. The van der Waals surface area contributed by atoms with Crippen LogP contribution in [0.25, 0.3) is 0 Å². The van der Waals surface area contributed by atoms with Gasteiger partial charge < -0.3 is 25.4 Å². The molecule has 0 spiro atoms. The monoisotopic (exact) mass is 366 g/mol. The molecule has 8 heteroatoms. The minimum Gasteiger partial charge on any atom is -0.454 e. The molecular formula is C19H18N4O4. The Morgan fingerprint density at radius 1 is 1.11 bits per heavy atom. The zero-order valence-corrected chi connectivity index (χ0v) is 14.4. The second-order valence-corrected chi connectivity index (χ2v) is 5.78. The van der Waals surface area contributed by atoms with Crippen LogP contribution in [0.2, 0.25) is 0 Å². The Hall–Kier alpha value is -3.73. The molecule has 27 heavy (non-hydrogen) atoms. The molecule has 2 aromatic carbocycles. The number of amides is 3. The Morgan fingerprint density at radius 3 is 2.67 bits per heavy atom. The van der Waals surface area contributed by atoms with E-state index in [1.165, 1.54) is 0 Å². The summed E-state index contributed by atoms with van der Waals surface area (Å²) in [6.45, 7) is 0.0127. The van der Waals surface area contributed by atoms with Gasteiger partial charge >= 0.3 is 6.03 Å². The normalized spacial score (nSPS) is 12.6. The van der Waals surface area contributed by atoms with Crippen LogP contribution in [-0.2, 0) is 11.2 Å². The SMILES string of the molecule is N#CCNC(=O)C(Cc1ccccc1)NC(=O)Nc1ccc2c(c1)OCO2. The smallest absolute Gasteiger partial charge is 0.319 e. The Morgan fingerprint density at radius 2 is 1.89 bits per heavy atom. The third-order valence-corrected chi connectivity index (χ3v) is 3.88. The van der Waals surface area contributed by atoms with Crippen LogP contribution >= 0.6 is 0 Å². The van der Waals surface area contributed by atoms with E-state index in [0.29, 0.717) is 23.6 Å². The number of hydrogen-bond acceptors (Lipinski definition) is 5. The lowest BCUT2D eigenvalue weighted by Gasteiger charge is -2.18. The van der Waals surface area contributed by atoms with E-state index in [1.54, 1.807) is 18.2 Å². The number of anilines is 1. The standard InChI is InChI=1S/C19H18N4O4/c20-8-9-21-18(24)15(10-13-4-2-1-3-5-13)23-19(25)22-14-6-7-16-17(11-14)27-12-26-16/h1-7,11,15H,9-10,12H2,(H,21,24)(H2,22,23,25). The zero-order valence-electron chi connectivity index (χ0n) is 14.4. The third kappa shape index (κ3) is 4.89. The first kappa shape index (κ1) is 18.1. The number of nitriles is 1. The van der Waals surface area contributed by atoms with Crippen LogP contribution in [0.1, 0.15) is 5.56 Å². The summed E-state index contributed by atoms with van der Waals surface area (Å²) < 4.78 is 10.5. The number of ether oxygens (including phenoxy) is 2. The van der Waals surface area contributed by atoms with E-state index >= 15 is 0 Å². The van der Waals surface area contributed by atoms with Crippen molar-refractivity contribution >= 4 is 17.6 Å². The van der Waals surface area contributed by atoms with Gasteiger partial charge in [0, 0.05) is 18.2 Å². The highest BCUT2D eigenvalue weighted by molar-refractivity contribution is 5.94. The van der Waals surface area contributed by atoms with E-state index < -0.39 is 18.0 Å². The number of hydrogen-bond donors (Lipinski definition) is 3. The van der Waals surface area contributed by atoms with E-state index in [-0.39, 0.29) is 13.3 Å². The Balaban J connectivity index is 1.65. The topological polar surface area (TPSA) is 112 Å². The fourth-order valence-electron chi connectivity index (χ4n) is 2.61. The zero-order chi connectivity index (χ0) is 19.1. The van der Waals surface area contributed by atoms with Crippen molar-refractivity contribution in [3.63, 3.8) is 0 Å². The number of nitrogens with zero attached hydrogens (tertiary/aromatic N) is 1. The minimum absolute atomic E-state index is 0.129. The number of benzene rings is 2. The highest BCUT2D eigenvalue weighted by Gasteiger charge is 2.21. The molecule has 138 valence electrons. The van der Waals surface area contributed by atoms with Gasteiger partial charge in [-0.15, -0.1) is 0 Å². The quantitative estimate of drug-likeness (QED) is 0.675. The Bertz CT molecular complexity index is 864. The molecule has 0 bridgehead atoms. The molecule has 8 nitrogen and oxygen atoms in total.